The smallest absolute Gasteiger partial charge is 0.322 e. The van der Waals surface area contributed by atoms with Crippen LogP contribution in [0.25, 0.3) is 10.9 Å². The summed E-state index contributed by atoms with van der Waals surface area (Å²) < 4.78 is 0. The molecule has 0 saturated carbocycles. The van der Waals surface area contributed by atoms with E-state index in [4.69, 9.17) is 11.6 Å². The Kier molecular flexibility index (Phi) is 2.37. The van der Waals surface area contributed by atoms with E-state index in [9.17, 15) is 4.79 Å². The summed E-state index contributed by atoms with van der Waals surface area (Å²) in [6.07, 6.45) is 1.70. The molecule has 1 saturated heterocycles. The topological polar surface area (TPSA) is 45.2 Å². The van der Waals surface area contributed by atoms with Crippen molar-refractivity contribution in [3.8, 4) is 0 Å². The minimum Gasteiger partial charge on any atom is -0.336 e. The number of nitrogens with zero attached hydrogens (tertiary/aromatic N) is 2. The molecule has 0 radical (unpaired) electrons. The van der Waals surface area contributed by atoms with Crippen LogP contribution < -0.4 is 10.2 Å². The Hall–Kier alpha value is -1.81. The highest BCUT2D eigenvalue weighted by molar-refractivity contribution is 6.36. The van der Waals surface area contributed by atoms with E-state index in [-0.39, 0.29) is 6.03 Å². The summed E-state index contributed by atoms with van der Waals surface area (Å²) in [6, 6.07) is 7.29. The maximum atomic E-state index is 11.7. The molecule has 0 aliphatic carbocycles. The number of anilines is 1. The number of carbonyl (C=O) groups is 1. The molecule has 3 rings (SSSR count). The number of amides is 2. The normalized spacial score (nSPS) is 15.4. The molecular weight excluding hydrogens is 238 g/mol. The van der Waals surface area contributed by atoms with Crippen molar-refractivity contribution in [3.05, 3.63) is 35.5 Å². The van der Waals surface area contributed by atoms with Gasteiger partial charge in [-0.3, -0.25) is 9.88 Å². The van der Waals surface area contributed by atoms with Gasteiger partial charge in [0, 0.05) is 24.7 Å². The average Bonchev–Trinajstić information content (AvgIpc) is 2.77. The molecule has 0 atom stereocenters. The average molecular weight is 248 g/mol. The highest BCUT2D eigenvalue weighted by atomic mass is 35.5. The number of hydrogen-bond acceptors (Lipinski definition) is 2. The lowest BCUT2D eigenvalue weighted by Crippen LogP contribution is -2.27. The number of carbonyl (C=O) groups excluding carboxylic acids is 1. The number of benzene rings is 1. The molecule has 17 heavy (non-hydrogen) atoms. The monoisotopic (exact) mass is 247 g/mol. The predicted molar refractivity (Wildman–Crippen MR) is 67.5 cm³/mol. The molecule has 2 heterocycles. The van der Waals surface area contributed by atoms with Gasteiger partial charge in [0.2, 0.25) is 0 Å². The van der Waals surface area contributed by atoms with Crippen LogP contribution >= 0.6 is 11.6 Å². The van der Waals surface area contributed by atoms with Gasteiger partial charge in [-0.25, -0.2) is 4.79 Å². The van der Waals surface area contributed by atoms with Crippen molar-refractivity contribution in [2.75, 3.05) is 18.0 Å². The molecule has 2 amide bonds. The van der Waals surface area contributed by atoms with E-state index in [0.29, 0.717) is 18.1 Å². The summed E-state index contributed by atoms with van der Waals surface area (Å²) in [5.74, 6) is 0. The van der Waals surface area contributed by atoms with Gasteiger partial charge in [-0.15, -0.1) is 0 Å². The lowest BCUT2D eigenvalue weighted by Gasteiger charge is -2.16. The van der Waals surface area contributed by atoms with Crippen molar-refractivity contribution in [2.24, 2.45) is 0 Å². The SMILES string of the molecule is O=C1NCCN1c1ccc(Cl)c2cccnc12. The molecule has 1 aliphatic rings. The molecule has 0 spiro atoms. The predicted octanol–water partition coefficient (Wildman–Crippen LogP) is 2.42. The summed E-state index contributed by atoms with van der Waals surface area (Å²) in [5.41, 5.74) is 1.57. The first-order valence-corrected chi connectivity index (χ1v) is 5.74. The van der Waals surface area contributed by atoms with Crippen LogP contribution in [0.2, 0.25) is 5.02 Å². The maximum absolute atomic E-state index is 11.7. The summed E-state index contributed by atoms with van der Waals surface area (Å²) in [7, 11) is 0. The van der Waals surface area contributed by atoms with Gasteiger partial charge < -0.3 is 5.32 Å². The Morgan fingerprint density at radius 1 is 1.35 bits per heavy atom. The largest absolute Gasteiger partial charge is 0.336 e. The van der Waals surface area contributed by atoms with Crippen LogP contribution in [0.15, 0.2) is 30.5 Å². The quantitative estimate of drug-likeness (QED) is 0.841. The van der Waals surface area contributed by atoms with Crippen LogP contribution in [-0.4, -0.2) is 24.1 Å². The Labute approximate surface area is 103 Å². The Balaban J connectivity index is 2.23. The van der Waals surface area contributed by atoms with Crippen molar-refractivity contribution in [1.82, 2.24) is 10.3 Å². The van der Waals surface area contributed by atoms with Crippen molar-refractivity contribution < 1.29 is 4.79 Å². The summed E-state index contributed by atoms with van der Waals surface area (Å²) in [5, 5.41) is 4.29. The van der Waals surface area contributed by atoms with Gasteiger partial charge in [-0.2, -0.15) is 0 Å². The van der Waals surface area contributed by atoms with Crippen LogP contribution in [0.5, 0.6) is 0 Å². The molecule has 2 aromatic rings. The lowest BCUT2D eigenvalue weighted by atomic mass is 10.2. The van der Waals surface area contributed by atoms with Crippen LogP contribution in [0.3, 0.4) is 0 Å². The van der Waals surface area contributed by atoms with E-state index in [2.05, 4.69) is 10.3 Å². The van der Waals surface area contributed by atoms with Gasteiger partial charge in [0.15, 0.2) is 0 Å². The maximum Gasteiger partial charge on any atom is 0.322 e. The third-order valence-electron chi connectivity index (χ3n) is 2.84. The van der Waals surface area contributed by atoms with Crippen molar-refractivity contribution in [1.29, 1.82) is 0 Å². The molecule has 1 aliphatic heterocycles. The molecule has 1 aromatic heterocycles. The van der Waals surface area contributed by atoms with Gasteiger partial charge in [0.25, 0.3) is 0 Å². The van der Waals surface area contributed by atoms with Crippen LogP contribution in [0.1, 0.15) is 0 Å². The Morgan fingerprint density at radius 2 is 2.24 bits per heavy atom. The summed E-state index contributed by atoms with van der Waals surface area (Å²) in [6.45, 7) is 1.32. The van der Waals surface area contributed by atoms with E-state index in [1.165, 1.54) is 0 Å². The highest BCUT2D eigenvalue weighted by Crippen LogP contribution is 2.30. The first-order chi connectivity index (χ1) is 8.27. The third kappa shape index (κ3) is 1.61. The lowest BCUT2D eigenvalue weighted by molar-refractivity contribution is 0.252. The summed E-state index contributed by atoms with van der Waals surface area (Å²) in [4.78, 5) is 17.7. The van der Waals surface area contributed by atoms with E-state index in [0.717, 1.165) is 16.6 Å². The van der Waals surface area contributed by atoms with Gasteiger partial charge in [-0.05, 0) is 24.3 Å². The van der Waals surface area contributed by atoms with E-state index < -0.39 is 0 Å². The number of hydrogen-bond donors (Lipinski definition) is 1. The molecule has 1 fully saturated rings. The second-order valence-corrected chi connectivity index (χ2v) is 4.26. The molecular formula is C12H10ClN3O. The van der Waals surface area contributed by atoms with Gasteiger partial charge in [0.1, 0.15) is 0 Å². The molecule has 0 bridgehead atoms. The number of halogens is 1. The van der Waals surface area contributed by atoms with Gasteiger partial charge in [-0.1, -0.05) is 11.6 Å². The van der Waals surface area contributed by atoms with Gasteiger partial charge >= 0.3 is 6.03 Å². The molecule has 4 nitrogen and oxygen atoms in total. The number of fused-ring (bicyclic) bond motifs is 1. The standard InChI is InChI=1S/C12H10ClN3O/c13-9-3-4-10(16-7-6-15-12(16)17)11-8(9)2-1-5-14-11/h1-5H,6-7H2,(H,15,17). The molecule has 1 N–H and O–H groups in total. The fourth-order valence-corrected chi connectivity index (χ4v) is 2.26. The zero-order valence-electron chi connectivity index (χ0n) is 8.98. The summed E-state index contributed by atoms with van der Waals surface area (Å²) >= 11 is 6.11. The van der Waals surface area contributed by atoms with Crippen molar-refractivity contribution in [3.63, 3.8) is 0 Å². The first-order valence-electron chi connectivity index (χ1n) is 5.36. The first kappa shape index (κ1) is 10.4. The Bertz CT molecular complexity index is 599. The van der Waals surface area contributed by atoms with Crippen molar-refractivity contribution >= 4 is 34.2 Å². The minimum atomic E-state index is -0.0840. The highest BCUT2D eigenvalue weighted by Gasteiger charge is 2.23. The second-order valence-electron chi connectivity index (χ2n) is 3.85. The molecule has 86 valence electrons. The fraction of sp³-hybridized carbons (Fsp3) is 0.167. The van der Waals surface area contributed by atoms with Crippen LogP contribution in [0, 0.1) is 0 Å². The van der Waals surface area contributed by atoms with E-state index in [1.54, 1.807) is 17.2 Å². The fourth-order valence-electron chi connectivity index (χ4n) is 2.04. The number of aromatic nitrogens is 1. The van der Waals surface area contributed by atoms with Gasteiger partial charge in [0.05, 0.1) is 16.2 Å². The number of rotatable bonds is 1. The molecule has 1 aromatic carbocycles. The number of pyridine rings is 1. The van der Waals surface area contributed by atoms with E-state index >= 15 is 0 Å². The molecule has 5 heteroatoms. The second kappa shape index (κ2) is 3.89. The third-order valence-corrected chi connectivity index (χ3v) is 3.17. The zero-order valence-corrected chi connectivity index (χ0v) is 9.74. The zero-order chi connectivity index (χ0) is 11.8. The van der Waals surface area contributed by atoms with Crippen LogP contribution in [-0.2, 0) is 0 Å². The van der Waals surface area contributed by atoms with E-state index in [1.807, 2.05) is 18.2 Å². The number of nitrogens with one attached hydrogen (secondary N) is 1. The molecule has 0 unspecified atom stereocenters. The van der Waals surface area contributed by atoms with Crippen LogP contribution in [0.4, 0.5) is 10.5 Å². The minimum absolute atomic E-state index is 0.0840. The number of urea groups is 1. The Morgan fingerprint density at radius 3 is 3.00 bits per heavy atom. The van der Waals surface area contributed by atoms with Crippen molar-refractivity contribution in [2.45, 2.75) is 0 Å².